The number of rotatable bonds is 7. The monoisotopic (exact) mass is 358 g/mol. The quantitative estimate of drug-likeness (QED) is 0.741. The van der Waals surface area contributed by atoms with Crippen molar-refractivity contribution in [2.75, 3.05) is 20.8 Å². The van der Waals surface area contributed by atoms with Crippen LogP contribution in [0.5, 0.6) is 23.0 Å². The van der Waals surface area contributed by atoms with E-state index in [1.165, 1.54) is 7.11 Å². The maximum Gasteiger partial charge on any atom is 0.165 e. The molecular formula is C20H22O6. The highest BCUT2D eigenvalue weighted by molar-refractivity contribution is 5.57. The van der Waals surface area contributed by atoms with E-state index < -0.39 is 6.10 Å². The molecule has 0 aliphatic carbocycles. The van der Waals surface area contributed by atoms with Crippen LogP contribution in [0.4, 0.5) is 0 Å². The molecule has 6 nitrogen and oxygen atoms in total. The minimum absolute atomic E-state index is 0.0426. The summed E-state index contributed by atoms with van der Waals surface area (Å²) in [5, 5.41) is 19.8. The van der Waals surface area contributed by atoms with Gasteiger partial charge in [0.15, 0.2) is 23.0 Å². The Bertz CT molecular complexity index is 801. The SMILES string of the molecule is COc1cc(C2Oc3c(OC)cc(CCC=O)cc3C2CO)ccc1O. The van der Waals surface area contributed by atoms with Gasteiger partial charge in [-0.2, -0.15) is 0 Å². The van der Waals surface area contributed by atoms with Gasteiger partial charge in [-0.1, -0.05) is 12.1 Å². The second-order valence-electron chi connectivity index (χ2n) is 6.18. The number of fused-ring (bicyclic) bond motifs is 1. The molecule has 0 radical (unpaired) electrons. The van der Waals surface area contributed by atoms with Crippen LogP contribution in [0, 0.1) is 0 Å². The Hall–Kier alpha value is -2.73. The van der Waals surface area contributed by atoms with Crippen molar-refractivity contribution in [1.82, 2.24) is 0 Å². The molecule has 0 saturated heterocycles. The molecule has 0 amide bonds. The van der Waals surface area contributed by atoms with Crippen LogP contribution in [-0.2, 0) is 11.2 Å². The average molecular weight is 358 g/mol. The van der Waals surface area contributed by atoms with Crippen molar-refractivity contribution >= 4 is 6.29 Å². The Labute approximate surface area is 151 Å². The van der Waals surface area contributed by atoms with Crippen molar-refractivity contribution in [2.24, 2.45) is 0 Å². The number of aliphatic hydroxyl groups excluding tert-OH is 1. The van der Waals surface area contributed by atoms with Crippen LogP contribution in [0.3, 0.4) is 0 Å². The summed E-state index contributed by atoms with van der Waals surface area (Å²) in [6.45, 7) is -0.110. The van der Waals surface area contributed by atoms with Gasteiger partial charge in [-0.15, -0.1) is 0 Å². The molecule has 138 valence electrons. The van der Waals surface area contributed by atoms with Gasteiger partial charge in [0.25, 0.3) is 0 Å². The number of methoxy groups -OCH3 is 2. The van der Waals surface area contributed by atoms with Crippen molar-refractivity contribution in [2.45, 2.75) is 24.9 Å². The molecule has 2 aromatic rings. The highest BCUT2D eigenvalue weighted by Gasteiger charge is 2.37. The van der Waals surface area contributed by atoms with Gasteiger partial charge in [-0.25, -0.2) is 0 Å². The van der Waals surface area contributed by atoms with Gasteiger partial charge in [0.2, 0.25) is 0 Å². The normalized spacial score (nSPS) is 18.1. The number of hydrogen-bond acceptors (Lipinski definition) is 6. The number of carbonyl (C=O) groups excluding carboxylic acids is 1. The number of benzene rings is 2. The summed E-state index contributed by atoms with van der Waals surface area (Å²) in [7, 11) is 3.04. The summed E-state index contributed by atoms with van der Waals surface area (Å²) in [6.07, 6.45) is 1.47. The van der Waals surface area contributed by atoms with E-state index in [0.29, 0.717) is 30.1 Å². The highest BCUT2D eigenvalue weighted by atomic mass is 16.5. The molecule has 2 atom stereocenters. The van der Waals surface area contributed by atoms with E-state index in [1.54, 1.807) is 25.3 Å². The van der Waals surface area contributed by atoms with Crippen LogP contribution in [0.2, 0.25) is 0 Å². The van der Waals surface area contributed by atoms with Crippen molar-refractivity contribution in [3.63, 3.8) is 0 Å². The number of aliphatic hydroxyl groups is 1. The van der Waals surface area contributed by atoms with Crippen molar-refractivity contribution in [1.29, 1.82) is 0 Å². The van der Waals surface area contributed by atoms with Crippen LogP contribution in [0.1, 0.15) is 35.1 Å². The lowest BCUT2D eigenvalue weighted by Gasteiger charge is -2.18. The van der Waals surface area contributed by atoms with Gasteiger partial charge in [0, 0.05) is 12.0 Å². The van der Waals surface area contributed by atoms with Crippen LogP contribution in [0.15, 0.2) is 30.3 Å². The van der Waals surface area contributed by atoms with Crippen molar-refractivity contribution < 1.29 is 29.2 Å². The summed E-state index contributed by atoms with van der Waals surface area (Å²) < 4.78 is 16.8. The van der Waals surface area contributed by atoms with Gasteiger partial charge in [-0.3, -0.25) is 0 Å². The molecule has 2 aromatic carbocycles. The van der Waals surface area contributed by atoms with E-state index in [2.05, 4.69) is 0 Å². The van der Waals surface area contributed by atoms with Gasteiger partial charge in [0.05, 0.1) is 26.7 Å². The summed E-state index contributed by atoms with van der Waals surface area (Å²) in [5.74, 6) is 1.27. The van der Waals surface area contributed by atoms with E-state index in [4.69, 9.17) is 14.2 Å². The smallest absolute Gasteiger partial charge is 0.165 e. The fraction of sp³-hybridized carbons (Fsp3) is 0.350. The molecule has 0 fully saturated rings. The van der Waals surface area contributed by atoms with E-state index in [0.717, 1.165) is 23.0 Å². The van der Waals surface area contributed by atoms with E-state index in [1.807, 2.05) is 12.1 Å². The molecule has 6 heteroatoms. The molecule has 1 heterocycles. The first-order chi connectivity index (χ1) is 12.6. The third kappa shape index (κ3) is 3.20. The first kappa shape index (κ1) is 18.1. The Balaban J connectivity index is 2.01. The zero-order chi connectivity index (χ0) is 18.7. The van der Waals surface area contributed by atoms with E-state index >= 15 is 0 Å². The summed E-state index contributed by atoms with van der Waals surface area (Å²) in [6, 6.07) is 8.81. The number of aryl methyl sites for hydroxylation is 1. The number of phenolic OH excluding ortho intramolecular Hbond substituents is 1. The maximum atomic E-state index is 10.7. The lowest BCUT2D eigenvalue weighted by Crippen LogP contribution is -2.13. The van der Waals surface area contributed by atoms with Crippen LogP contribution in [-0.4, -0.2) is 37.3 Å². The Morgan fingerprint density at radius 3 is 2.58 bits per heavy atom. The zero-order valence-corrected chi connectivity index (χ0v) is 14.8. The Kier molecular flexibility index (Phi) is 5.32. The standard InChI is InChI=1S/C20H22O6/c1-24-17-10-13(5-6-16(17)23)19-15(11-22)14-8-12(4-3-7-21)9-18(25-2)20(14)26-19/h5-10,15,19,22-23H,3-4,11H2,1-2H3. The number of aromatic hydroxyl groups is 1. The molecule has 26 heavy (non-hydrogen) atoms. The molecule has 2 unspecified atom stereocenters. The Morgan fingerprint density at radius 1 is 1.15 bits per heavy atom. The second-order valence-corrected chi connectivity index (χ2v) is 6.18. The minimum atomic E-state index is -0.431. The number of hydrogen-bond donors (Lipinski definition) is 2. The molecule has 1 aliphatic heterocycles. The number of phenols is 1. The van der Waals surface area contributed by atoms with Crippen LogP contribution in [0.25, 0.3) is 0 Å². The molecule has 2 N–H and O–H groups in total. The predicted molar refractivity (Wildman–Crippen MR) is 95.2 cm³/mol. The summed E-state index contributed by atoms with van der Waals surface area (Å²) >= 11 is 0. The summed E-state index contributed by atoms with van der Waals surface area (Å²) in [5.41, 5.74) is 2.59. The fourth-order valence-corrected chi connectivity index (χ4v) is 3.34. The topological polar surface area (TPSA) is 85.2 Å². The average Bonchev–Trinajstić information content (AvgIpc) is 3.04. The molecular weight excluding hydrogens is 336 g/mol. The Morgan fingerprint density at radius 2 is 1.92 bits per heavy atom. The van der Waals surface area contributed by atoms with E-state index in [9.17, 15) is 15.0 Å². The molecule has 3 rings (SSSR count). The molecule has 0 spiro atoms. The van der Waals surface area contributed by atoms with Crippen molar-refractivity contribution in [3.05, 3.63) is 47.0 Å². The van der Waals surface area contributed by atoms with Crippen LogP contribution < -0.4 is 14.2 Å². The van der Waals surface area contributed by atoms with Gasteiger partial charge in [-0.05, 0) is 35.7 Å². The molecule has 0 saturated carbocycles. The second kappa shape index (κ2) is 7.66. The summed E-state index contributed by atoms with van der Waals surface area (Å²) in [4.78, 5) is 10.7. The first-order valence-corrected chi connectivity index (χ1v) is 8.41. The van der Waals surface area contributed by atoms with Gasteiger partial charge in [0.1, 0.15) is 12.4 Å². The van der Waals surface area contributed by atoms with Gasteiger partial charge >= 0.3 is 0 Å². The third-order valence-electron chi connectivity index (χ3n) is 4.65. The molecule has 0 aromatic heterocycles. The van der Waals surface area contributed by atoms with Gasteiger partial charge < -0.3 is 29.2 Å². The fourth-order valence-electron chi connectivity index (χ4n) is 3.34. The molecule has 0 bridgehead atoms. The number of ether oxygens (including phenoxy) is 3. The third-order valence-corrected chi connectivity index (χ3v) is 4.65. The molecule has 1 aliphatic rings. The largest absolute Gasteiger partial charge is 0.504 e. The maximum absolute atomic E-state index is 10.7. The van der Waals surface area contributed by atoms with Crippen LogP contribution >= 0.6 is 0 Å². The number of aldehydes is 1. The number of carbonyl (C=O) groups is 1. The van der Waals surface area contributed by atoms with E-state index in [-0.39, 0.29) is 18.3 Å². The lowest BCUT2D eigenvalue weighted by atomic mass is 9.90. The zero-order valence-electron chi connectivity index (χ0n) is 14.8. The van der Waals surface area contributed by atoms with Crippen molar-refractivity contribution in [3.8, 4) is 23.0 Å². The predicted octanol–water partition coefficient (Wildman–Crippen LogP) is 2.75. The highest BCUT2D eigenvalue weighted by Crippen LogP contribution is 2.51. The first-order valence-electron chi connectivity index (χ1n) is 8.41. The minimum Gasteiger partial charge on any atom is -0.504 e. The lowest BCUT2D eigenvalue weighted by molar-refractivity contribution is -0.107.